The van der Waals surface area contributed by atoms with Gasteiger partial charge >= 0.3 is 0 Å². The third-order valence-electron chi connectivity index (χ3n) is 2.17. The lowest BCUT2D eigenvalue weighted by Gasteiger charge is -2.05. The first-order valence-corrected chi connectivity index (χ1v) is 6.94. The molecule has 0 aliphatic heterocycles. The molecule has 0 unspecified atom stereocenters. The zero-order valence-corrected chi connectivity index (χ0v) is 11.9. The van der Waals surface area contributed by atoms with Crippen molar-refractivity contribution < 1.29 is 4.74 Å². The lowest BCUT2D eigenvalue weighted by atomic mass is 10.4. The van der Waals surface area contributed by atoms with Crippen molar-refractivity contribution in [3.63, 3.8) is 0 Å². The molecule has 0 bridgehead atoms. The van der Waals surface area contributed by atoms with Crippen molar-refractivity contribution >= 4 is 27.3 Å². The molecule has 0 amide bonds. The van der Waals surface area contributed by atoms with E-state index in [-0.39, 0.29) is 5.56 Å². The molecule has 0 aromatic carbocycles. The summed E-state index contributed by atoms with van der Waals surface area (Å²) in [5, 5.41) is 4.07. The average Bonchev–Trinajstić information content (AvgIpc) is 2.75. The van der Waals surface area contributed by atoms with E-state index < -0.39 is 0 Å². The Bertz CT molecular complexity index is 582. The van der Waals surface area contributed by atoms with Gasteiger partial charge in [0.15, 0.2) is 0 Å². The van der Waals surface area contributed by atoms with Crippen LogP contribution < -0.4 is 16.0 Å². The Morgan fingerprint density at radius 1 is 1.50 bits per heavy atom. The Hall–Kier alpha value is -1.18. The summed E-state index contributed by atoms with van der Waals surface area (Å²) in [5.74, 6) is 0.453. The molecule has 96 valence electrons. The number of nitrogens with zero attached hydrogens (tertiary/aromatic N) is 2. The third-order valence-corrected chi connectivity index (χ3v) is 3.77. The summed E-state index contributed by atoms with van der Waals surface area (Å²) < 4.78 is 7.67. The number of thiophene rings is 1. The Morgan fingerprint density at radius 3 is 2.94 bits per heavy atom. The van der Waals surface area contributed by atoms with E-state index in [0.29, 0.717) is 25.4 Å². The minimum Gasteiger partial charge on any atom is -0.490 e. The molecule has 18 heavy (non-hydrogen) atoms. The van der Waals surface area contributed by atoms with Gasteiger partial charge in [-0.3, -0.25) is 4.79 Å². The van der Waals surface area contributed by atoms with Crippen molar-refractivity contribution in [1.29, 1.82) is 0 Å². The summed E-state index contributed by atoms with van der Waals surface area (Å²) in [6, 6.07) is 5.33. The van der Waals surface area contributed by atoms with Crippen LogP contribution in [0.25, 0.3) is 0 Å². The molecule has 0 spiro atoms. The van der Waals surface area contributed by atoms with Crippen molar-refractivity contribution in [2.75, 3.05) is 13.2 Å². The van der Waals surface area contributed by atoms with Gasteiger partial charge in [0.25, 0.3) is 5.56 Å². The summed E-state index contributed by atoms with van der Waals surface area (Å²) in [5.41, 5.74) is 5.13. The Labute approximate surface area is 116 Å². The summed E-state index contributed by atoms with van der Waals surface area (Å²) >= 11 is 4.96. The van der Waals surface area contributed by atoms with Crippen LogP contribution in [0.1, 0.15) is 4.88 Å². The van der Waals surface area contributed by atoms with Crippen molar-refractivity contribution in [3.05, 3.63) is 43.4 Å². The largest absolute Gasteiger partial charge is 0.490 e. The molecular weight excluding hydrogens is 318 g/mol. The van der Waals surface area contributed by atoms with E-state index in [1.54, 1.807) is 11.3 Å². The fourth-order valence-electron chi connectivity index (χ4n) is 1.38. The van der Waals surface area contributed by atoms with E-state index in [1.165, 1.54) is 16.9 Å². The lowest BCUT2D eigenvalue weighted by molar-refractivity contribution is 0.324. The topological polar surface area (TPSA) is 70.1 Å². The second-order valence-corrected chi connectivity index (χ2v) is 6.08. The Balaban J connectivity index is 2.12. The standard InChI is InChI=1S/C11H12BrN3O2S/c12-10-2-1-9(18-10)7-15-11(16)5-8(6-14-15)17-4-3-13/h1-2,5-6H,3-4,7,13H2. The van der Waals surface area contributed by atoms with Crippen LogP contribution in [-0.4, -0.2) is 22.9 Å². The van der Waals surface area contributed by atoms with E-state index in [9.17, 15) is 4.79 Å². The van der Waals surface area contributed by atoms with Gasteiger partial charge in [0.1, 0.15) is 12.4 Å². The van der Waals surface area contributed by atoms with Gasteiger partial charge < -0.3 is 10.5 Å². The highest BCUT2D eigenvalue weighted by Crippen LogP contribution is 2.22. The minimum absolute atomic E-state index is 0.186. The molecule has 0 radical (unpaired) electrons. The molecule has 0 saturated heterocycles. The lowest BCUT2D eigenvalue weighted by Crippen LogP contribution is -2.22. The first-order chi connectivity index (χ1) is 8.69. The maximum absolute atomic E-state index is 11.8. The fourth-order valence-corrected chi connectivity index (χ4v) is 2.84. The molecule has 0 atom stereocenters. The zero-order chi connectivity index (χ0) is 13.0. The van der Waals surface area contributed by atoms with Crippen LogP contribution >= 0.6 is 27.3 Å². The molecule has 7 heteroatoms. The van der Waals surface area contributed by atoms with E-state index in [1.807, 2.05) is 12.1 Å². The molecule has 5 nitrogen and oxygen atoms in total. The monoisotopic (exact) mass is 329 g/mol. The molecule has 2 heterocycles. The van der Waals surface area contributed by atoms with E-state index in [4.69, 9.17) is 10.5 Å². The molecule has 2 aromatic rings. The minimum atomic E-state index is -0.186. The number of ether oxygens (including phenoxy) is 1. The highest BCUT2D eigenvalue weighted by atomic mass is 79.9. The third kappa shape index (κ3) is 3.41. The van der Waals surface area contributed by atoms with E-state index >= 15 is 0 Å². The van der Waals surface area contributed by atoms with Crippen molar-refractivity contribution in [2.45, 2.75) is 6.54 Å². The summed E-state index contributed by atoms with van der Waals surface area (Å²) in [4.78, 5) is 12.9. The van der Waals surface area contributed by atoms with Crippen LogP contribution in [0.15, 0.2) is 33.0 Å². The maximum Gasteiger partial charge on any atom is 0.270 e. The molecule has 0 fully saturated rings. The van der Waals surface area contributed by atoms with Crippen LogP contribution in [0, 0.1) is 0 Å². The highest BCUT2D eigenvalue weighted by Gasteiger charge is 2.04. The smallest absolute Gasteiger partial charge is 0.270 e. The number of halogens is 1. The quantitative estimate of drug-likeness (QED) is 0.901. The van der Waals surface area contributed by atoms with Gasteiger partial charge in [-0.1, -0.05) is 0 Å². The van der Waals surface area contributed by atoms with Gasteiger partial charge in [0.05, 0.1) is 16.5 Å². The first kappa shape index (κ1) is 13.3. The van der Waals surface area contributed by atoms with Crippen LogP contribution in [-0.2, 0) is 6.54 Å². The van der Waals surface area contributed by atoms with Gasteiger partial charge in [-0.05, 0) is 28.1 Å². The molecule has 0 aliphatic carbocycles. The maximum atomic E-state index is 11.8. The van der Waals surface area contributed by atoms with Gasteiger partial charge in [-0.25, -0.2) is 4.68 Å². The second-order valence-electron chi connectivity index (χ2n) is 3.53. The number of nitrogens with two attached hydrogens (primary N) is 1. The average molecular weight is 330 g/mol. The number of hydrogen-bond acceptors (Lipinski definition) is 5. The first-order valence-electron chi connectivity index (χ1n) is 5.33. The zero-order valence-electron chi connectivity index (χ0n) is 9.51. The van der Waals surface area contributed by atoms with E-state index in [2.05, 4.69) is 21.0 Å². The van der Waals surface area contributed by atoms with Crippen molar-refractivity contribution in [1.82, 2.24) is 9.78 Å². The van der Waals surface area contributed by atoms with Gasteiger partial charge in [-0.15, -0.1) is 11.3 Å². The summed E-state index contributed by atoms with van der Waals surface area (Å²) in [6.07, 6.45) is 1.53. The molecular formula is C11H12BrN3O2S. The van der Waals surface area contributed by atoms with Gasteiger partial charge in [-0.2, -0.15) is 5.10 Å². The van der Waals surface area contributed by atoms with E-state index in [0.717, 1.165) is 8.66 Å². The predicted octanol–water partition coefficient (Wildman–Crippen LogP) is 1.45. The highest BCUT2D eigenvalue weighted by molar-refractivity contribution is 9.11. The molecule has 2 N–H and O–H groups in total. The van der Waals surface area contributed by atoms with Crippen LogP contribution in [0.5, 0.6) is 5.75 Å². The molecule has 0 aliphatic rings. The summed E-state index contributed by atoms with van der Waals surface area (Å²) in [7, 11) is 0. The fraction of sp³-hybridized carbons (Fsp3) is 0.273. The van der Waals surface area contributed by atoms with Gasteiger partial charge in [0, 0.05) is 17.5 Å². The normalized spacial score (nSPS) is 10.6. The number of hydrogen-bond donors (Lipinski definition) is 1. The van der Waals surface area contributed by atoms with Crippen molar-refractivity contribution in [2.24, 2.45) is 5.73 Å². The summed E-state index contributed by atoms with van der Waals surface area (Å²) in [6.45, 7) is 1.25. The van der Waals surface area contributed by atoms with Gasteiger partial charge in [0.2, 0.25) is 0 Å². The molecule has 2 aromatic heterocycles. The molecule has 2 rings (SSSR count). The van der Waals surface area contributed by atoms with Crippen LogP contribution in [0.4, 0.5) is 0 Å². The van der Waals surface area contributed by atoms with Crippen LogP contribution in [0.2, 0.25) is 0 Å². The van der Waals surface area contributed by atoms with Crippen LogP contribution in [0.3, 0.4) is 0 Å². The second kappa shape index (κ2) is 6.12. The Kier molecular flexibility index (Phi) is 4.51. The Morgan fingerprint density at radius 2 is 2.33 bits per heavy atom. The SMILES string of the molecule is NCCOc1cnn(Cc2ccc(Br)s2)c(=O)c1. The predicted molar refractivity (Wildman–Crippen MR) is 74.2 cm³/mol. The number of rotatable bonds is 5. The van der Waals surface area contributed by atoms with Crippen molar-refractivity contribution in [3.8, 4) is 5.75 Å². The molecule has 0 saturated carbocycles. The number of aromatic nitrogens is 2.